The average molecular weight is 297 g/mol. The molecule has 0 saturated heterocycles. The van der Waals surface area contributed by atoms with Gasteiger partial charge in [0.2, 0.25) is 0 Å². The summed E-state index contributed by atoms with van der Waals surface area (Å²) in [6.07, 6.45) is 4.46. The molecule has 0 radical (unpaired) electrons. The van der Waals surface area contributed by atoms with Gasteiger partial charge in [-0.15, -0.1) is 0 Å². The smallest absolute Gasteiger partial charge is 0.146 e. The van der Waals surface area contributed by atoms with E-state index in [1.165, 1.54) is 0 Å². The van der Waals surface area contributed by atoms with Gasteiger partial charge < -0.3 is 4.74 Å². The summed E-state index contributed by atoms with van der Waals surface area (Å²) in [6.45, 7) is 4.72. The van der Waals surface area contributed by atoms with Crippen molar-refractivity contribution in [1.29, 1.82) is 0 Å². The molecule has 0 heterocycles. The van der Waals surface area contributed by atoms with E-state index in [0.717, 1.165) is 40.5 Å². The first-order chi connectivity index (χ1) is 8.21. The van der Waals surface area contributed by atoms with Gasteiger partial charge in [-0.25, -0.2) is 0 Å². The van der Waals surface area contributed by atoms with Crippen LogP contribution in [0.15, 0.2) is 28.2 Å². The summed E-state index contributed by atoms with van der Waals surface area (Å²) >= 11 is 3.43. The number of halogens is 1. The normalized spacial score (nSPS) is 11.4. The van der Waals surface area contributed by atoms with Crippen molar-refractivity contribution in [3.05, 3.63) is 33.8 Å². The largest absolute Gasteiger partial charge is 0.493 e. The van der Waals surface area contributed by atoms with E-state index in [0.29, 0.717) is 6.61 Å². The molecular formula is C14H17BrO2. The van der Waals surface area contributed by atoms with E-state index in [9.17, 15) is 4.79 Å². The number of hydrogen-bond donors (Lipinski definition) is 0. The maximum absolute atomic E-state index is 10.8. The lowest BCUT2D eigenvalue weighted by molar-refractivity contribution is -0.104. The Balaban J connectivity index is 3.05. The fourth-order valence-electron chi connectivity index (χ4n) is 1.39. The molecule has 0 N–H and O–H groups in total. The van der Waals surface area contributed by atoms with Gasteiger partial charge in [0, 0.05) is 10.0 Å². The van der Waals surface area contributed by atoms with Gasteiger partial charge in [0.25, 0.3) is 0 Å². The summed E-state index contributed by atoms with van der Waals surface area (Å²) in [6, 6.07) is 5.82. The Kier molecular flexibility index (Phi) is 5.98. The van der Waals surface area contributed by atoms with Gasteiger partial charge in [-0.05, 0) is 42.7 Å². The highest BCUT2D eigenvalue weighted by Gasteiger charge is 2.03. The lowest BCUT2D eigenvalue weighted by Gasteiger charge is -2.09. The predicted octanol–water partition coefficient (Wildman–Crippen LogP) is 4.23. The van der Waals surface area contributed by atoms with Crippen molar-refractivity contribution in [3.8, 4) is 5.75 Å². The lowest BCUT2D eigenvalue weighted by Crippen LogP contribution is -1.97. The lowest BCUT2D eigenvalue weighted by atomic mass is 10.1. The Morgan fingerprint density at radius 2 is 2.18 bits per heavy atom. The van der Waals surface area contributed by atoms with Crippen LogP contribution < -0.4 is 4.74 Å². The Labute approximate surface area is 111 Å². The van der Waals surface area contributed by atoms with E-state index in [4.69, 9.17) is 4.74 Å². The van der Waals surface area contributed by atoms with Crippen molar-refractivity contribution in [1.82, 2.24) is 0 Å². The average Bonchev–Trinajstić information content (AvgIpc) is 2.35. The third-order valence-electron chi connectivity index (χ3n) is 2.33. The van der Waals surface area contributed by atoms with Gasteiger partial charge in [-0.3, -0.25) is 4.79 Å². The highest BCUT2D eigenvalue weighted by Crippen LogP contribution is 2.26. The van der Waals surface area contributed by atoms with Crippen LogP contribution in [0.25, 0.3) is 6.08 Å². The third kappa shape index (κ3) is 4.35. The number of carbonyl (C=O) groups is 1. The van der Waals surface area contributed by atoms with Gasteiger partial charge in [0.15, 0.2) is 0 Å². The highest BCUT2D eigenvalue weighted by atomic mass is 79.9. The summed E-state index contributed by atoms with van der Waals surface area (Å²) in [5.74, 6) is 0.822. The quantitative estimate of drug-likeness (QED) is 0.580. The van der Waals surface area contributed by atoms with Gasteiger partial charge in [0.05, 0.1) is 6.61 Å². The zero-order valence-electron chi connectivity index (χ0n) is 10.2. The molecule has 0 spiro atoms. The van der Waals surface area contributed by atoms with E-state index < -0.39 is 0 Å². The number of hydrogen-bond acceptors (Lipinski definition) is 2. The Hall–Kier alpha value is -1.09. The molecule has 0 aliphatic rings. The molecule has 1 aromatic carbocycles. The maximum atomic E-state index is 10.8. The molecule has 0 bridgehead atoms. The minimum Gasteiger partial charge on any atom is -0.493 e. The molecule has 2 nitrogen and oxygen atoms in total. The fourth-order valence-corrected chi connectivity index (χ4v) is 1.77. The van der Waals surface area contributed by atoms with Crippen LogP contribution >= 0.6 is 15.9 Å². The molecule has 0 saturated carbocycles. The SMILES string of the molecule is CCCOc1ccc(Br)cc1C=C(C=O)CC. The third-order valence-corrected chi connectivity index (χ3v) is 2.83. The molecule has 0 aliphatic carbocycles. The van der Waals surface area contributed by atoms with Crippen LogP contribution in [-0.4, -0.2) is 12.9 Å². The topological polar surface area (TPSA) is 26.3 Å². The molecule has 92 valence electrons. The molecule has 0 aliphatic heterocycles. The van der Waals surface area contributed by atoms with E-state index >= 15 is 0 Å². The summed E-state index contributed by atoms with van der Waals surface area (Å²) in [5, 5.41) is 0. The van der Waals surface area contributed by atoms with Crippen LogP contribution in [0, 0.1) is 0 Å². The van der Waals surface area contributed by atoms with Crippen molar-refractivity contribution in [2.24, 2.45) is 0 Å². The van der Waals surface area contributed by atoms with Gasteiger partial charge >= 0.3 is 0 Å². The number of allylic oxidation sites excluding steroid dienone is 1. The van der Waals surface area contributed by atoms with E-state index in [1.807, 2.05) is 31.2 Å². The van der Waals surface area contributed by atoms with E-state index in [2.05, 4.69) is 22.9 Å². The second-order valence-electron chi connectivity index (χ2n) is 3.72. The van der Waals surface area contributed by atoms with Crippen LogP contribution in [0.4, 0.5) is 0 Å². The summed E-state index contributed by atoms with van der Waals surface area (Å²) in [5.41, 5.74) is 1.71. The minimum atomic E-state index is 0.686. The van der Waals surface area contributed by atoms with Crippen molar-refractivity contribution in [3.63, 3.8) is 0 Å². The van der Waals surface area contributed by atoms with Crippen LogP contribution in [0.1, 0.15) is 32.3 Å². The Morgan fingerprint density at radius 3 is 2.76 bits per heavy atom. The number of ether oxygens (including phenoxy) is 1. The first-order valence-electron chi connectivity index (χ1n) is 5.79. The van der Waals surface area contributed by atoms with E-state index in [-0.39, 0.29) is 0 Å². The number of rotatable bonds is 6. The standard InChI is InChI=1S/C14H17BrO2/c1-3-7-17-14-6-5-13(15)9-12(14)8-11(4-2)10-16/h5-6,8-10H,3-4,7H2,1-2H3. The number of carbonyl (C=O) groups excluding carboxylic acids is 1. The molecule has 0 aromatic heterocycles. The summed E-state index contributed by atoms with van der Waals surface area (Å²) < 4.78 is 6.63. The van der Waals surface area contributed by atoms with Gasteiger partial charge in [-0.2, -0.15) is 0 Å². The Morgan fingerprint density at radius 1 is 1.41 bits per heavy atom. The molecule has 3 heteroatoms. The molecule has 0 fully saturated rings. The van der Waals surface area contributed by atoms with Crippen LogP contribution in [0.5, 0.6) is 5.75 Å². The summed E-state index contributed by atoms with van der Waals surface area (Å²) in [4.78, 5) is 10.8. The Bertz CT molecular complexity index is 411. The fraction of sp³-hybridized carbons (Fsp3) is 0.357. The van der Waals surface area contributed by atoms with Crippen molar-refractivity contribution in [2.45, 2.75) is 26.7 Å². The minimum absolute atomic E-state index is 0.686. The zero-order valence-corrected chi connectivity index (χ0v) is 11.8. The molecule has 0 atom stereocenters. The van der Waals surface area contributed by atoms with Crippen LogP contribution in [0.3, 0.4) is 0 Å². The van der Waals surface area contributed by atoms with Crippen LogP contribution in [-0.2, 0) is 4.79 Å². The van der Waals surface area contributed by atoms with Crippen LogP contribution in [0.2, 0.25) is 0 Å². The molecule has 17 heavy (non-hydrogen) atoms. The summed E-state index contributed by atoms with van der Waals surface area (Å²) in [7, 11) is 0. The molecule has 1 rings (SSSR count). The monoisotopic (exact) mass is 296 g/mol. The zero-order chi connectivity index (χ0) is 12.7. The van der Waals surface area contributed by atoms with Gasteiger partial charge in [-0.1, -0.05) is 29.8 Å². The predicted molar refractivity (Wildman–Crippen MR) is 74.3 cm³/mol. The first-order valence-corrected chi connectivity index (χ1v) is 6.58. The second-order valence-corrected chi connectivity index (χ2v) is 4.64. The molecule has 1 aromatic rings. The van der Waals surface area contributed by atoms with E-state index in [1.54, 1.807) is 0 Å². The number of aldehydes is 1. The highest BCUT2D eigenvalue weighted by molar-refractivity contribution is 9.10. The van der Waals surface area contributed by atoms with Crippen molar-refractivity contribution >= 4 is 28.3 Å². The molecule has 0 unspecified atom stereocenters. The first kappa shape index (κ1) is 14.0. The maximum Gasteiger partial charge on any atom is 0.146 e. The molecule has 0 amide bonds. The number of benzene rings is 1. The second kappa shape index (κ2) is 7.28. The van der Waals surface area contributed by atoms with Crippen molar-refractivity contribution < 1.29 is 9.53 Å². The molecular weight excluding hydrogens is 280 g/mol. The van der Waals surface area contributed by atoms with Crippen molar-refractivity contribution in [2.75, 3.05) is 6.61 Å². The van der Waals surface area contributed by atoms with Gasteiger partial charge in [0.1, 0.15) is 12.0 Å².